The van der Waals surface area contributed by atoms with E-state index in [1.54, 1.807) is 0 Å². The van der Waals surface area contributed by atoms with E-state index in [1.165, 1.54) is 6.42 Å². The molecular formula is C12H16N2O. The molecule has 15 heavy (non-hydrogen) atoms. The molecule has 1 heterocycles. The Hall–Kier alpha value is -1.35. The lowest BCUT2D eigenvalue weighted by atomic mass is 10.1. The van der Waals surface area contributed by atoms with E-state index in [2.05, 4.69) is 17.6 Å². The fraction of sp³-hybridized carbons (Fsp3) is 0.417. The summed E-state index contributed by atoms with van der Waals surface area (Å²) >= 11 is 0. The van der Waals surface area contributed by atoms with Crippen LogP contribution in [-0.4, -0.2) is 18.5 Å². The van der Waals surface area contributed by atoms with E-state index in [0.717, 1.165) is 24.9 Å². The van der Waals surface area contributed by atoms with Gasteiger partial charge in [0.05, 0.1) is 5.66 Å². The van der Waals surface area contributed by atoms with Gasteiger partial charge in [-0.2, -0.15) is 0 Å². The van der Waals surface area contributed by atoms with Gasteiger partial charge in [-0.15, -0.1) is 0 Å². The zero-order valence-corrected chi connectivity index (χ0v) is 8.92. The van der Waals surface area contributed by atoms with Gasteiger partial charge in [0.2, 0.25) is 0 Å². The first-order valence-electron chi connectivity index (χ1n) is 5.30. The van der Waals surface area contributed by atoms with Crippen molar-refractivity contribution >= 4 is 12.0 Å². The Bertz CT molecular complexity index is 339. The molecule has 0 radical (unpaired) electrons. The quantitative estimate of drug-likeness (QED) is 0.740. The van der Waals surface area contributed by atoms with Gasteiger partial charge in [-0.05, 0) is 50.6 Å². The number of carbonyl (C=O) groups is 1. The number of aldehydes is 1. The van der Waals surface area contributed by atoms with Gasteiger partial charge in [0.25, 0.3) is 0 Å². The van der Waals surface area contributed by atoms with E-state index >= 15 is 0 Å². The number of anilines is 1. The lowest BCUT2D eigenvalue weighted by Gasteiger charge is -2.27. The first-order valence-corrected chi connectivity index (χ1v) is 5.30. The first-order chi connectivity index (χ1) is 7.22. The molecule has 3 heteroatoms. The molecule has 0 aliphatic carbocycles. The number of rotatable bonds is 3. The normalized spacial score (nSPS) is 25.1. The summed E-state index contributed by atoms with van der Waals surface area (Å²) in [5.41, 5.74) is 1.77. The molecule has 0 spiro atoms. The third-order valence-electron chi connectivity index (χ3n) is 2.84. The lowest BCUT2D eigenvalue weighted by molar-refractivity contribution is 0.112. The van der Waals surface area contributed by atoms with Crippen LogP contribution in [0.2, 0.25) is 0 Å². The maximum absolute atomic E-state index is 10.5. The Morgan fingerprint density at radius 3 is 2.67 bits per heavy atom. The smallest absolute Gasteiger partial charge is 0.150 e. The first kappa shape index (κ1) is 10.2. The number of benzene rings is 1. The Labute approximate surface area is 89.9 Å². The van der Waals surface area contributed by atoms with Crippen LogP contribution in [0.25, 0.3) is 0 Å². The maximum Gasteiger partial charge on any atom is 0.150 e. The predicted molar refractivity (Wildman–Crippen MR) is 61.1 cm³/mol. The van der Waals surface area contributed by atoms with Crippen molar-refractivity contribution in [2.24, 2.45) is 0 Å². The maximum atomic E-state index is 10.5. The standard InChI is InChI=1S/C12H16N2O/c1-12(7-2-8-13-12)14-11-5-3-10(9-15)4-6-11/h3-6,9,13-14H,2,7-8H2,1H3/t12-/m1/s1. The van der Waals surface area contributed by atoms with E-state index in [0.29, 0.717) is 5.56 Å². The highest BCUT2D eigenvalue weighted by molar-refractivity contribution is 5.75. The van der Waals surface area contributed by atoms with Gasteiger partial charge in [0, 0.05) is 11.3 Å². The van der Waals surface area contributed by atoms with Gasteiger partial charge < -0.3 is 5.32 Å². The molecular weight excluding hydrogens is 188 g/mol. The van der Waals surface area contributed by atoms with Crippen LogP contribution in [0.15, 0.2) is 24.3 Å². The highest BCUT2D eigenvalue weighted by Gasteiger charge is 2.27. The molecule has 0 amide bonds. The molecule has 1 aromatic rings. The molecule has 2 N–H and O–H groups in total. The predicted octanol–water partition coefficient (Wildman–Crippen LogP) is 2.01. The van der Waals surface area contributed by atoms with Crippen LogP contribution in [0.1, 0.15) is 30.1 Å². The van der Waals surface area contributed by atoms with Crippen molar-refractivity contribution in [1.82, 2.24) is 5.32 Å². The zero-order chi connectivity index (χ0) is 10.7. The minimum absolute atomic E-state index is 0.00267. The summed E-state index contributed by atoms with van der Waals surface area (Å²) in [5, 5.41) is 6.87. The summed E-state index contributed by atoms with van der Waals surface area (Å²) < 4.78 is 0. The molecule has 1 atom stereocenters. The molecule has 80 valence electrons. The van der Waals surface area contributed by atoms with Crippen LogP contribution < -0.4 is 10.6 Å². The lowest BCUT2D eigenvalue weighted by Crippen LogP contribution is -2.44. The molecule has 1 aromatic carbocycles. The zero-order valence-electron chi connectivity index (χ0n) is 8.92. The third-order valence-corrected chi connectivity index (χ3v) is 2.84. The van der Waals surface area contributed by atoms with Crippen LogP contribution in [0, 0.1) is 0 Å². The van der Waals surface area contributed by atoms with Crippen molar-refractivity contribution in [1.29, 1.82) is 0 Å². The van der Waals surface area contributed by atoms with Crippen LogP contribution in [-0.2, 0) is 0 Å². The second-order valence-electron chi connectivity index (χ2n) is 4.23. The summed E-state index contributed by atoms with van der Waals surface area (Å²) in [6.07, 6.45) is 3.19. The Morgan fingerprint density at radius 1 is 1.40 bits per heavy atom. The summed E-state index contributed by atoms with van der Waals surface area (Å²) in [4.78, 5) is 10.5. The van der Waals surface area contributed by atoms with Crippen molar-refractivity contribution < 1.29 is 4.79 Å². The second kappa shape index (κ2) is 4.03. The van der Waals surface area contributed by atoms with Crippen molar-refractivity contribution in [2.75, 3.05) is 11.9 Å². The molecule has 1 saturated heterocycles. The fourth-order valence-electron chi connectivity index (χ4n) is 1.96. The molecule has 0 unspecified atom stereocenters. The van der Waals surface area contributed by atoms with E-state index in [-0.39, 0.29) is 5.66 Å². The Kier molecular flexibility index (Phi) is 2.73. The van der Waals surface area contributed by atoms with Gasteiger partial charge >= 0.3 is 0 Å². The highest BCUT2D eigenvalue weighted by atomic mass is 16.1. The van der Waals surface area contributed by atoms with Gasteiger partial charge in [-0.3, -0.25) is 10.1 Å². The van der Waals surface area contributed by atoms with Crippen molar-refractivity contribution in [3.8, 4) is 0 Å². The number of carbonyl (C=O) groups excluding carboxylic acids is 1. The molecule has 1 fully saturated rings. The van der Waals surface area contributed by atoms with Gasteiger partial charge in [-0.1, -0.05) is 0 Å². The number of nitrogens with one attached hydrogen (secondary N) is 2. The summed E-state index contributed by atoms with van der Waals surface area (Å²) in [6.45, 7) is 3.23. The number of hydrogen-bond donors (Lipinski definition) is 2. The van der Waals surface area contributed by atoms with E-state index in [4.69, 9.17) is 0 Å². The second-order valence-corrected chi connectivity index (χ2v) is 4.23. The minimum Gasteiger partial charge on any atom is -0.367 e. The Balaban J connectivity index is 2.07. The van der Waals surface area contributed by atoms with Crippen LogP contribution in [0.4, 0.5) is 5.69 Å². The molecule has 1 aliphatic rings. The SMILES string of the molecule is C[C@@]1(Nc2ccc(C=O)cc2)CCCN1. The molecule has 0 saturated carbocycles. The molecule has 0 bridgehead atoms. The molecule has 2 rings (SSSR count). The molecule has 1 aliphatic heterocycles. The minimum atomic E-state index is 0.00267. The van der Waals surface area contributed by atoms with Gasteiger partial charge in [-0.25, -0.2) is 0 Å². The monoisotopic (exact) mass is 204 g/mol. The molecule has 0 aromatic heterocycles. The van der Waals surface area contributed by atoms with Crippen molar-refractivity contribution in [3.05, 3.63) is 29.8 Å². The van der Waals surface area contributed by atoms with E-state index in [9.17, 15) is 4.79 Å². The van der Waals surface area contributed by atoms with E-state index in [1.807, 2.05) is 24.3 Å². The Morgan fingerprint density at radius 2 is 2.13 bits per heavy atom. The summed E-state index contributed by atoms with van der Waals surface area (Å²) in [5.74, 6) is 0. The van der Waals surface area contributed by atoms with Crippen LogP contribution in [0.5, 0.6) is 0 Å². The fourth-order valence-corrected chi connectivity index (χ4v) is 1.96. The van der Waals surface area contributed by atoms with Crippen molar-refractivity contribution in [3.63, 3.8) is 0 Å². The highest BCUT2D eigenvalue weighted by Crippen LogP contribution is 2.21. The summed E-state index contributed by atoms with van der Waals surface area (Å²) in [7, 11) is 0. The van der Waals surface area contributed by atoms with Gasteiger partial charge in [0.1, 0.15) is 6.29 Å². The van der Waals surface area contributed by atoms with Crippen LogP contribution >= 0.6 is 0 Å². The summed E-state index contributed by atoms with van der Waals surface area (Å²) in [6, 6.07) is 7.53. The topological polar surface area (TPSA) is 41.1 Å². The van der Waals surface area contributed by atoms with E-state index < -0.39 is 0 Å². The van der Waals surface area contributed by atoms with Crippen LogP contribution in [0.3, 0.4) is 0 Å². The largest absolute Gasteiger partial charge is 0.367 e. The number of hydrogen-bond acceptors (Lipinski definition) is 3. The third kappa shape index (κ3) is 2.36. The average molecular weight is 204 g/mol. The van der Waals surface area contributed by atoms with Gasteiger partial charge in [0.15, 0.2) is 0 Å². The molecule has 3 nitrogen and oxygen atoms in total. The van der Waals surface area contributed by atoms with Crippen molar-refractivity contribution in [2.45, 2.75) is 25.4 Å². The average Bonchev–Trinajstić information content (AvgIpc) is 2.66.